The number of thioether (sulfide) groups is 2. The van der Waals surface area contributed by atoms with Crippen molar-refractivity contribution in [1.29, 1.82) is 5.26 Å². The van der Waals surface area contributed by atoms with Crippen molar-refractivity contribution in [3.63, 3.8) is 0 Å². The van der Waals surface area contributed by atoms with Gasteiger partial charge in [0.25, 0.3) is 0 Å². The largest absolute Gasteiger partial charge is 0.368 e. The molecule has 0 atom stereocenters. The Morgan fingerprint density at radius 1 is 0.962 bits per heavy atom. The highest BCUT2D eigenvalue weighted by Crippen LogP contribution is 2.42. The third kappa shape index (κ3) is 2.89. The average Bonchev–Trinajstić information content (AvgIpc) is 3.21. The van der Waals surface area contributed by atoms with Crippen molar-refractivity contribution in [3.8, 4) is 6.07 Å². The fourth-order valence-electron chi connectivity index (χ4n) is 3.62. The summed E-state index contributed by atoms with van der Waals surface area (Å²) in [5, 5.41) is 9.89. The second-order valence-corrected chi connectivity index (χ2v) is 8.92. The Bertz CT molecular complexity index is 881. The van der Waals surface area contributed by atoms with E-state index < -0.39 is 0 Å². The lowest BCUT2D eigenvalue weighted by atomic mass is 9.84. The van der Waals surface area contributed by atoms with Crippen LogP contribution >= 0.6 is 23.5 Å². The van der Waals surface area contributed by atoms with Crippen molar-refractivity contribution >= 4 is 35.1 Å². The van der Waals surface area contributed by atoms with Crippen LogP contribution in [0.1, 0.15) is 40.0 Å². The molecule has 1 aromatic carbocycles. The fourth-order valence-corrected chi connectivity index (χ4v) is 6.16. The lowest BCUT2D eigenvalue weighted by Gasteiger charge is -2.28. The van der Waals surface area contributed by atoms with Gasteiger partial charge >= 0.3 is 0 Å². The fraction of sp³-hybridized carbons (Fsp3) is 0.350. The molecule has 1 aliphatic carbocycles. The Hall–Kier alpha value is -1.97. The van der Waals surface area contributed by atoms with Gasteiger partial charge in [0.15, 0.2) is 5.78 Å². The molecule has 132 valence electrons. The number of likely N-dealkylation sites (tertiary alicyclic amines) is 1. The summed E-state index contributed by atoms with van der Waals surface area (Å²) in [6, 6.07) is 9.22. The number of nitrogens with zero attached hydrogens (tertiary/aromatic N) is 2. The van der Waals surface area contributed by atoms with Crippen LogP contribution in [0.2, 0.25) is 0 Å². The van der Waals surface area contributed by atoms with E-state index >= 15 is 0 Å². The molecular weight excluding hydrogens is 364 g/mol. The van der Waals surface area contributed by atoms with E-state index in [9.17, 15) is 14.9 Å². The predicted molar refractivity (Wildman–Crippen MR) is 105 cm³/mol. The van der Waals surface area contributed by atoms with Crippen LogP contribution in [-0.2, 0) is 0 Å². The van der Waals surface area contributed by atoms with Crippen molar-refractivity contribution in [2.45, 2.75) is 19.3 Å². The van der Waals surface area contributed by atoms with Crippen LogP contribution in [0, 0.1) is 11.3 Å². The number of hydrogen-bond acceptors (Lipinski definition) is 6. The van der Waals surface area contributed by atoms with Crippen LogP contribution in [0.15, 0.2) is 45.3 Å². The molecule has 0 bridgehead atoms. The van der Waals surface area contributed by atoms with Crippen molar-refractivity contribution < 1.29 is 9.59 Å². The molecule has 0 spiro atoms. The molecule has 0 radical (unpaired) electrons. The monoisotopic (exact) mass is 382 g/mol. The minimum atomic E-state index is -0.196. The van der Waals surface area contributed by atoms with Gasteiger partial charge in [-0.25, -0.2) is 0 Å². The molecule has 2 heterocycles. The summed E-state index contributed by atoms with van der Waals surface area (Å²) in [6.07, 6.45) is 3.09. The number of benzene rings is 1. The maximum absolute atomic E-state index is 13.3. The SMILES string of the molecule is N#CC(=C1SCCCS1)C1=C(N2CCCC2)C(=O)c2ccccc2C1=O. The van der Waals surface area contributed by atoms with Crippen molar-refractivity contribution in [2.24, 2.45) is 0 Å². The van der Waals surface area contributed by atoms with Gasteiger partial charge in [0.2, 0.25) is 5.78 Å². The Kier molecular flexibility index (Phi) is 4.92. The summed E-state index contributed by atoms with van der Waals surface area (Å²) < 4.78 is 0.881. The van der Waals surface area contributed by atoms with E-state index in [-0.39, 0.29) is 11.6 Å². The second kappa shape index (κ2) is 7.34. The first kappa shape index (κ1) is 17.4. The summed E-state index contributed by atoms with van der Waals surface area (Å²) in [5.41, 5.74) is 2.00. The number of allylic oxidation sites excluding steroid dienone is 3. The van der Waals surface area contributed by atoms with Crippen molar-refractivity contribution in [3.05, 3.63) is 56.5 Å². The standard InChI is InChI=1S/C20H18N2O2S2/c21-12-15(20-25-10-5-11-26-20)16-17(22-8-3-4-9-22)19(24)14-7-2-1-6-13(14)18(16)23/h1-2,6-7H,3-5,8-11H2. The molecule has 0 amide bonds. The minimum absolute atomic E-state index is 0.128. The first-order valence-corrected chi connectivity index (χ1v) is 10.8. The van der Waals surface area contributed by atoms with Crippen molar-refractivity contribution in [2.75, 3.05) is 24.6 Å². The van der Waals surface area contributed by atoms with E-state index in [2.05, 4.69) is 6.07 Å². The minimum Gasteiger partial charge on any atom is -0.368 e. The van der Waals surface area contributed by atoms with Crippen LogP contribution in [0.25, 0.3) is 0 Å². The summed E-state index contributed by atoms with van der Waals surface area (Å²) in [4.78, 5) is 28.6. The molecule has 0 unspecified atom stereocenters. The summed E-state index contributed by atoms with van der Waals surface area (Å²) in [5.74, 6) is 1.56. The molecule has 6 heteroatoms. The molecule has 26 heavy (non-hydrogen) atoms. The van der Waals surface area contributed by atoms with E-state index in [1.165, 1.54) is 0 Å². The first-order valence-electron chi connectivity index (χ1n) is 8.80. The zero-order chi connectivity index (χ0) is 18.1. The molecule has 4 nitrogen and oxygen atoms in total. The normalized spacial score (nSPS) is 20.3. The Labute approximate surface area is 161 Å². The van der Waals surface area contributed by atoms with Gasteiger partial charge in [-0.3, -0.25) is 9.59 Å². The molecule has 2 fully saturated rings. The molecule has 4 rings (SSSR count). The molecule has 1 aromatic rings. The van der Waals surface area contributed by atoms with Gasteiger partial charge in [-0.05, 0) is 30.8 Å². The Morgan fingerprint density at radius 3 is 2.19 bits per heavy atom. The number of carbonyl (C=O) groups is 2. The molecule has 3 aliphatic rings. The number of rotatable bonds is 2. The lowest BCUT2D eigenvalue weighted by molar-refractivity contribution is 0.0949. The zero-order valence-corrected chi connectivity index (χ0v) is 15.9. The van der Waals surface area contributed by atoms with Crippen LogP contribution in [-0.4, -0.2) is 41.1 Å². The Morgan fingerprint density at radius 2 is 1.58 bits per heavy atom. The van der Waals surface area contributed by atoms with Crippen LogP contribution in [0.3, 0.4) is 0 Å². The molecule has 0 saturated carbocycles. The third-order valence-electron chi connectivity index (χ3n) is 4.84. The molecule has 0 N–H and O–H groups in total. The molecule has 0 aromatic heterocycles. The average molecular weight is 383 g/mol. The number of hydrogen-bond donors (Lipinski definition) is 0. The maximum atomic E-state index is 13.3. The summed E-state index contributed by atoms with van der Waals surface area (Å²) >= 11 is 3.25. The van der Waals surface area contributed by atoms with Crippen LogP contribution in [0.4, 0.5) is 0 Å². The highest BCUT2D eigenvalue weighted by atomic mass is 32.2. The van der Waals surface area contributed by atoms with Gasteiger partial charge < -0.3 is 4.90 Å². The number of ketones is 2. The highest BCUT2D eigenvalue weighted by molar-refractivity contribution is 8.22. The van der Waals surface area contributed by atoms with Crippen LogP contribution in [0.5, 0.6) is 0 Å². The number of fused-ring (bicyclic) bond motifs is 1. The maximum Gasteiger partial charge on any atom is 0.210 e. The van der Waals surface area contributed by atoms with Gasteiger partial charge in [-0.1, -0.05) is 24.3 Å². The summed E-state index contributed by atoms with van der Waals surface area (Å²) in [7, 11) is 0. The van der Waals surface area contributed by atoms with E-state index in [4.69, 9.17) is 0 Å². The van der Waals surface area contributed by atoms with Gasteiger partial charge in [-0.2, -0.15) is 5.26 Å². The molecule has 2 aliphatic heterocycles. The van der Waals surface area contributed by atoms with E-state index in [0.717, 1.165) is 48.1 Å². The topological polar surface area (TPSA) is 61.2 Å². The number of nitriles is 1. The van der Waals surface area contributed by atoms with Gasteiger partial charge in [0.05, 0.1) is 21.1 Å². The van der Waals surface area contributed by atoms with E-state index in [1.54, 1.807) is 47.8 Å². The quantitative estimate of drug-likeness (QED) is 0.720. The second-order valence-electron chi connectivity index (χ2n) is 6.45. The third-order valence-corrected chi connectivity index (χ3v) is 7.46. The highest BCUT2D eigenvalue weighted by Gasteiger charge is 2.38. The first-order chi connectivity index (χ1) is 12.7. The van der Waals surface area contributed by atoms with E-state index in [0.29, 0.717) is 28.0 Å². The zero-order valence-electron chi connectivity index (χ0n) is 14.3. The Balaban J connectivity index is 1.94. The molecule has 2 saturated heterocycles. The number of Topliss-reactive ketones (excluding diaryl/α,β-unsaturated/α-hetero) is 2. The predicted octanol–water partition coefficient (Wildman–Crippen LogP) is 4.02. The van der Waals surface area contributed by atoms with Gasteiger partial charge in [0.1, 0.15) is 6.07 Å². The van der Waals surface area contributed by atoms with Crippen LogP contribution < -0.4 is 0 Å². The number of carbonyl (C=O) groups excluding carboxylic acids is 2. The molecular formula is C20H18N2O2S2. The van der Waals surface area contributed by atoms with Crippen molar-refractivity contribution in [1.82, 2.24) is 4.90 Å². The van der Waals surface area contributed by atoms with E-state index in [1.807, 2.05) is 4.90 Å². The van der Waals surface area contributed by atoms with Gasteiger partial charge in [-0.15, -0.1) is 23.5 Å². The van der Waals surface area contributed by atoms with Gasteiger partial charge in [0, 0.05) is 24.2 Å². The smallest absolute Gasteiger partial charge is 0.210 e. The summed E-state index contributed by atoms with van der Waals surface area (Å²) in [6.45, 7) is 1.52. The lowest BCUT2D eigenvalue weighted by Crippen LogP contribution is -2.33.